The SMILES string of the molecule is CC(C)(C)OOCCO[C@H]1CC[C@H]2[C@@H]3CC[C@H]4C[C@@H](O[Si](C)(C)C(C)(C)C)CC[C@]4(C)[C@H]3CC[C@]12C. The van der Waals surface area contributed by atoms with Crippen molar-refractivity contribution in [2.45, 2.75) is 149 Å². The van der Waals surface area contributed by atoms with E-state index in [1.807, 2.05) is 20.8 Å². The van der Waals surface area contributed by atoms with Crippen molar-refractivity contribution in [2.75, 3.05) is 13.2 Å². The van der Waals surface area contributed by atoms with E-state index in [2.05, 4.69) is 47.7 Å². The predicted octanol–water partition coefficient (Wildman–Crippen LogP) is 8.55. The number of rotatable bonds is 7. The highest BCUT2D eigenvalue weighted by atomic mass is 28.4. The second-order valence-electron chi connectivity index (χ2n) is 15.9. The van der Waals surface area contributed by atoms with Crippen molar-refractivity contribution in [3.63, 3.8) is 0 Å². The maximum Gasteiger partial charge on any atom is 0.192 e. The van der Waals surface area contributed by atoms with Gasteiger partial charge in [-0.2, -0.15) is 0 Å². The second kappa shape index (κ2) is 10.2. The Kier molecular flexibility index (Phi) is 8.25. The summed E-state index contributed by atoms with van der Waals surface area (Å²) in [5, 5.41) is 0.298. The summed E-state index contributed by atoms with van der Waals surface area (Å²) in [6.45, 7) is 24.4. The molecule has 210 valence electrons. The predicted molar refractivity (Wildman–Crippen MR) is 150 cm³/mol. The van der Waals surface area contributed by atoms with Crippen LogP contribution < -0.4 is 0 Å². The van der Waals surface area contributed by atoms with Crippen LogP contribution in [0.15, 0.2) is 0 Å². The van der Waals surface area contributed by atoms with Crippen LogP contribution in [0.5, 0.6) is 0 Å². The molecule has 0 aromatic rings. The van der Waals surface area contributed by atoms with Crippen LogP contribution >= 0.6 is 0 Å². The van der Waals surface area contributed by atoms with Gasteiger partial charge in [0.05, 0.1) is 18.3 Å². The number of ether oxygens (including phenoxy) is 1. The first-order valence-electron chi connectivity index (χ1n) is 15.2. The van der Waals surface area contributed by atoms with E-state index in [-0.39, 0.29) is 5.60 Å². The fourth-order valence-electron chi connectivity index (χ4n) is 8.59. The van der Waals surface area contributed by atoms with Crippen molar-refractivity contribution in [3.8, 4) is 0 Å². The molecule has 0 bridgehead atoms. The summed E-state index contributed by atoms with van der Waals surface area (Å²) < 4.78 is 13.4. The second-order valence-corrected chi connectivity index (χ2v) is 20.7. The average Bonchev–Trinajstić information content (AvgIpc) is 3.08. The summed E-state index contributed by atoms with van der Waals surface area (Å²) in [5.41, 5.74) is 0.570. The third-order valence-electron chi connectivity index (χ3n) is 11.6. The molecule has 0 aliphatic heterocycles. The zero-order valence-corrected chi connectivity index (χ0v) is 26.4. The molecule has 0 N–H and O–H groups in total. The van der Waals surface area contributed by atoms with Gasteiger partial charge >= 0.3 is 0 Å². The molecule has 4 aliphatic carbocycles. The third kappa shape index (κ3) is 5.66. The van der Waals surface area contributed by atoms with Crippen LogP contribution in [0.4, 0.5) is 0 Å². The van der Waals surface area contributed by atoms with Gasteiger partial charge in [-0.15, -0.1) is 0 Å². The zero-order chi connectivity index (χ0) is 26.6. The lowest BCUT2D eigenvalue weighted by Crippen LogP contribution is -2.55. The Morgan fingerprint density at radius 3 is 2.11 bits per heavy atom. The minimum atomic E-state index is -1.70. The van der Waals surface area contributed by atoms with Gasteiger partial charge in [0.2, 0.25) is 0 Å². The summed E-state index contributed by atoms with van der Waals surface area (Å²) in [7, 11) is -1.70. The first kappa shape index (κ1) is 29.0. The lowest BCUT2D eigenvalue weighted by molar-refractivity contribution is -0.352. The molecule has 5 heteroatoms. The van der Waals surface area contributed by atoms with Crippen LogP contribution in [0, 0.1) is 34.5 Å². The van der Waals surface area contributed by atoms with Crippen molar-refractivity contribution in [1.29, 1.82) is 0 Å². The van der Waals surface area contributed by atoms with Crippen LogP contribution in [-0.4, -0.2) is 39.3 Å². The first-order valence-corrected chi connectivity index (χ1v) is 18.1. The van der Waals surface area contributed by atoms with Gasteiger partial charge in [-0.25, -0.2) is 9.78 Å². The Morgan fingerprint density at radius 1 is 0.778 bits per heavy atom. The smallest absolute Gasteiger partial charge is 0.192 e. The molecule has 0 spiro atoms. The quantitative estimate of drug-likeness (QED) is 0.145. The molecule has 36 heavy (non-hydrogen) atoms. The molecule has 0 unspecified atom stereocenters. The van der Waals surface area contributed by atoms with E-state index in [9.17, 15) is 0 Å². The van der Waals surface area contributed by atoms with Gasteiger partial charge in [0, 0.05) is 6.10 Å². The van der Waals surface area contributed by atoms with Gasteiger partial charge in [-0.3, -0.25) is 0 Å². The summed E-state index contributed by atoms with van der Waals surface area (Å²) in [4.78, 5) is 10.8. The van der Waals surface area contributed by atoms with Crippen LogP contribution in [-0.2, 0) is 18.9 Å². The van der Waals surface area contributed by atoms with Gasteiger partial charge in [0.25, 0.3) is 0 Å². The molecule has 0 aromatic heterocycles. The molecule has 8 atom stereocenters. The van der Waals surface area contributed by atoms with Gasteiger partial charge in [-0.1, -0.05) is 34.6 Å². The van der Waals surface area contributed by atoms with Crippen LogP contribution in [0.2, 0.25) is 18.1 Å². The maximum absolute atomic E-state index is 6.95. The fourth-order valence-corrected chi connectivity index (χ4v) is 9.99. The minimum Gasteiger partial charge on any atom is -0.414 e. The normalized spacial score (nSPS) is 41.5. The Labute approximate surface area is 224 Å². The maximum atomic E-state index is 6.95. The lowest BCUT2D eigenvalue weighted by Gasteiger charge is -2.61. The van der Waals surface area contributed by atoms with Crippen molar-refractivity contribution in [1.82, 2.24) is 0 Å². The molecule has 4 fully saturated rings. The van der Waals surface area contributed by atoms with Crippen molar-refractivity contribution in [2.24, 2.45) is 34.5 Å². The highest BCUT2D eigenvalue weighted by molar-refractivity contribution is 6.74. The van der Waals surface area contributed by atoms with Gasteiger partial charge in [-0.05, 0) is 131 Å². The lowest BCUT2D eigenvalue weighted by atomic mass is 9.45. The monoisotopic (exact) mass is 522 g/mol. The Bertz CT molecular complexity index is 755. The van der Waals surface area contributed by atoms with E-state index in [1.165, 1.54) is 57.8 Å². The Hall–Kier alpha value is 0.0569. The van der Waals surface area contributed by atoms with E-state index in [4.69, 9.17) is 18.9 Å². The van der Waals surface area contributed by atoms with Gasteiger partial charge < -0.3 is 9.16 Å². The largest absolute Gasteiger partial charge is 0.414 e. The summed E-state index contributed by atoms with van der Waals surface area (Å²) in [5.74, 6) is 3.45. The van der Waals surface area contributed by atoms with Gasteiger partial charge in [0.1, 0.15) is 6.61 Å². The highest BCUT2D eigenvalue weighted by Gasteiger charge is 2.60. The molecule has 4 aliphatic rings. The molecule has 0 amide bonds. The molecule has 4 saturated carbocycles. The number of hydrogen-bond acceptors (Lipinski definition) is 4. The standard InChI is InChI=1S/C31H58O4Si/c1-28(2,3)35-33-20-19-32-27-14-13-25-24-12-11-22-21-23(34-36(9,10)29(4,5)6)15-17-30(22,7)26(24)16-18-31(25,27)8/h22-27H,11-21H2,1-10H3/t22-,23-,24-,25-,26-,27-,30-,31-/m0/s1. The molecule has 0 heterocycles. The summed E-state index contributed by atoms with van der Waals surface area (Å²) in [6.07, 6.45) is 12.9. The minimum absolute atomic E-state index is 0.270. The highest BCUT2D eigenvalue weighted by Crippen LogP contribution is 2.66. The van der Waals surface area contributed by atoms with Crippen LogP contribution in [0.3, 0.4) is 0 Å². The van der Waals surface area contributed by atoms with E-state index in [0.29, 0.717) is 41.3 Å². The molecular weight excluding hydrogens is 464 g/mol. The summed E-state index contributed by atoms with van der Waals surface area (Å²) >= 11 is 0. The summed E-state index contributed by atoms with van der Waals surface area (Å²) in [6, 6.07) is 0. The topological polar surface area (TPSA) is 36.9 Å². The van der Waals surface area contributed by atoms with Crippen LogP contribution in [0.25, 0.3) is 0 Å². The molecular formula is C31H58O4Si. The third-order valence-corrected chi connectivity index (χ3v) is 16.1. The van der Waals surface area contributed by atoms with E-state index in [1.54, 1.807) is 0 Å². The average molecular weight is 523 g/mol. The van der Waals surface area contributed by atoms with E-state index < -0.39 is 8.32 Å². The molecule has 0 radical (unpaired) electrons. The van der Waals surface area contributed by atoms with Crippen molar-refractivity contribution < 1.29 is 18.9 Å². The van der Waals surface area contributed by atoms with Crippen molar-refractivity contribution >= 4 is 8.32 Å². The molecule has 0 saturated heterocycles. The molecule has 4 nitrogen and oxygen atoms in total. The Morgan fingerprint density at radius 2 is 1.44 bits per heavy atom. The van der Waals surface area contributed by atoms with Crippen LogP contribution in [0.1, 0.15) is 113 Å². The molecule has 0 aromatic carbocycles. The van der Waals surface area contributed by atoms with E-state index >= 15 is 0 Å². The first-order chi connectivity index (χ1) is 16.6. The van der Waals surface area contributed by atoms with Crippen molar-refractivity contribution in [3.05, 3.63) is 0 Å². The molecule has 4 rings (SSSR count). The number of hydrogen-bond donors (Lipinski definition) is 0. The van der Waals surface area contributed by atoms with Gasteiger partial charge in [0.15, 0.2) is 8.32 Å². The van der Waals surface area contributed by atoms with E-state index in [0.717, 1.165) is 23.7 Å². The zero-order valence-electron chi connectivity index (χ0n) is 25.4. The fraction of sp³-hybridized carbons (Fsp3) is 1.00. The number of fused-ring (bicyclic) bond motifs is 5. The Balaban J connectivity index is 1.35.